The highest BCUT2D eigenvalue weighted by Gasteiger charge is 2.39. The van der Waals surface area contributed by atoms with Crippen LogP contribution in [0.4, 0.5) is 0 Å². The Labute approximate surface area is 312 Å². The van der Waals surface area contributed by atoms with Gasteiger partial charge in [-0.3, -0.25) is 19.7 Å². The second-order valence-electron chi connectivity index (χ2n) is 14.7. The van der Waals surface area contributed by atoms with E-state index in [2.05, 4.69) is 84.9 Å². The number of phenols is 1. The summed E-state index contributed by atoms with van der Waals surface area (Å²) in [6.07, 6.45) is 5.93. The summed E-state index contributed by atoms with van der Waals surface area (Å²) in [6.45, 7) is 4.69. The number of piperidine rings is 1. The number of carbonyl (C=O) groups is 3. The molecule has 2 fully saturated rings. The standard InChI is InChI=1S/C45H49N3O5/c1-3-39(32-7-5-4-6-8-32)43(34-15-20-38(49)21-16-34)33-11-9-30(10-12-33)29-53-26-25-47(2)37-18-13-31(14-19-37)35-17-22-40-36(27-35)28-48(45(40)52)41-23-24-42(50)46-44(41)51/h4-12,15-17,20-22,27,31,37,41,49H,3,13-14,18-19,23-26,28-29H2,1-2H3,(H,46,50,51). The van der Waals surface area contributed by atoms with Crippen LogP contribution in [0.2, 0.25) is 0 Å². The Morgan fingerprint density at radius 1 is 0.849 bits per heavy atom. The summed E-state index contributed by atoms with van der Waals surface area (Å²) < 4.78 is 6.17. The van der Waals surface area contributed by atoms with Gasteiger partial charge >= 0.3 is 0 Å². The molecule has 1 atom stereocenters. The molecule has 0 spiro atoms. The van der Waals surface area contributed by atoms with E-state index in [0.717, 1.165) is 60.9 Å². The molecule has 4 aromatic rings. The summed E-state index contributed by atoms with van der Waals surface area (Å²) in [4.78, 5) is 41.2. The second-order valence-corrected chi connectivity index (χ2v) is 14.7. The number of allylic oxidation sites excluding steroid dienone is 1. The average Bonchev–Trinajstić information content (AvgIpc) is 3.51. The molecule has 2 N–H and O–H groups in total. The molecule has 4 aromatic carbocycles. The number of hydrogen-bond donors (Lipinski definition) is 2. The molecule has 3 aliphatic rings. The van der Waals surface area contributed by atoms with Crippen LogP contribution in [0.15, 0.2) is 97.1 Å². The zero-order chi connectivity index (χ0) is 36.9. The Hall–Kier alpha value is -5.05. The smallest absolute Gasteiger partial charge is 0.255 e. The van der Waals surface area contributed by atoms with Crippen LogP contribution in [-0.2, 0) is 27.5 Å². The maximum atomic E-state index is 13.1. The van der Waals surface area contributed by atoms with Gasteiger partial charge in [0.2, 0.25) is 11.8 Å². The number of amides is 3. The molecule has 1 saturated carbocycles. The van der Waals surface area contributed by atoms with Crippen LogP contribution >= 0.6 is 0 Å². The van der Waals surface area contributed by atoms with Gasteiger partial charge in [-0.05, 0) is 114 Å². The lowest BCUT2D eigenvalue weighted by molar-refractivity contribution is -0.136. The molecule has 2 aliphatic heterocycles. The third-order valence-corrected chi connectivity index (χ3v) is 11.4. The Kier molecular flexibility index (Phi) is 11.2. The van der Waals surface area contributed by atoms with Gasteiger partial charge < -0.3 is 19.6 Å². The number of ether oxygens (including phenoxy) is 1. The van der Waals surface area contributed by atoms with E-state index in [1.54, 1.807) is 17.0 Å². The first-order valence-electron chi connectivity index (χ1n) is 19.0. The number of benzene rings is 4. The fraction of sp³-hybridized carbons (Fsp3) is 0.356. The monoisotopic (exact) mass is 711 g/mol. The molecule has 274 valence electrons. The van der Waals surface area contributed by atoms with Gasteiger partial charge in [-0.15, -0.1) is 0 Å². The van der Waals surface area contributed by atoms with Gasteiger partial charge in [0.1, 0.15) is 11.8 Å². The van der Waals surface area contributed by atoms with E-state index in [0.29, 0.717) is 43.7 Å². The molecule has 3 amide bonds. The summed E-state index contributed by atoms with van der Waals surface area (Å²) in [6, 6.07) is 32.8. The molecule has 0 bridgehead atoms. The zero-order valence-corrected chi connectivity index (χ0v) is 30.7. The SMILES string of the molecule is CCC(=C(c1ccc(O)cc1)c1ccc(COCCN(C)C2CCC(c3ccc4c(c3)CN(C3CCC(=O)NC3=O)C4=O)CC2)cc1)c1ccccc1. The minimum Gasteiger partial charge on any atom is -0.508 e. The highest BCUT2D eigenvalue weighted by atomic mass is 16.5. The number of aromatic hydroxyl groups is 1. The molecule has 1 unspecified atom stereocenters. The van der Waals surface area contributed by atoms with Gasteiger partial charge in [-0.1, -0.05) is 85.8 Å². The van der Waals surface area contributed by atoms with Gasteiger partial charge in [-0.25, -0.2) is 0 Å². The maximum Gasteiger partial charge on any atom is 0.255 e. The van der Waals surface area contributed by atoms with E-state index < -0.39 is 6.04 Å². The van der Waals surface area contributed by atoms with Crippen LogP contribution < -0.4 is 5.32 Å². The van der Waals surface area contributed by atoms with E-state index in [1.165, 1.54) is 22.3 Å². The summed E-state index contributed by atoms with van der Waals surface area (Å²) in [5.74, 6) is -0.0485. The normalized spacial score (nSPS) is 20.7. The third kappa shape index (κ3) is 8.14. The number of fused-ring (bicyclic) bond motifs is 1. The lowest BCUT2D eigenvalue weighted by Crippen LogP contribution is -2.52. The first-order chi connectivity index (χ1) is 25.8. The van der Waals surface area contributed by atoms with Crippen molar-refractivity contribution in [2.75, 3.05) is 20.2 Å². The predicted molar refractivity (Wildman–Crippen MR) is 207 cm³/mol. The quantitative estimate of drug-likeness (QED) is 0.0889. The molecule has 0 aromatic heterocycles. The third-order valence-electron chi connectivity index (χ3n) is 11.4. The van der Waals surface area contributed by atoms with E-state index in [-0.39, 0.29) is 29.9 Å². The summed E-state index contributed by atoms with van der Waals surface area (Å²) in [5.41, 5.74) is 9.91. The molecule has 8 nitrogen and oxygen atoms in total. The van der Waals surface area contributed by atoms with E-state index >= 15 is 0 Å². The molecule has 53 heavy (non-hydrogen) atoms. The lowest BCUT2D eigenvalue weighted by Gasteiger charge is -2.35. The van der Waals surface area contributed by atoms with Gasteiger partial charge in [0.15, 0.2) is 0 Å². The van der Waals surface area contributed by atoms with Crippen molar-refractivity contribution in [3.05, 3.63) is 136 Å². The number of rotatable bonds is 12. The molecule has 1 saturated heterocycles. The number of hydrogen-bond acceptors (Lipinski definition) is 6. The van der Waals surface area contributed by atoms with Crippen molar-refractivity contribution in [3.8, 4) is 5.75 Å². The average molecular weight is 712 g/mol. The van der Waals surface area contributed by atoms with Gasteiger partial charge in [0, 0.05) is 31.1 Å². The number of carbonyl (C=O) groups excluding carboxylic acids is 3. The predicted octanol–water partition coefficient (Wildman–Crippen LogP) is 7.70. The zero-order valence-electron chi connectivity index (χ0n) is 30.7. The number of imide groups is 1. The molecular formula is C45H49N3O5. The number of nitrogens with zero attached hydrogens (tertiary/aromatic N) is 2. The molecular weight excluding hydrogens is 663 g/mol. The maximum absolute atomic E-state index is 13.1. The Balaban J connectivity index is 0.897. The molecule has 8 heteroatoms. The summed E-state index contributed by atoms with van der Waals surface area (Å²) in [5, 5.41) is 12.3. The Morgan fingerprint density at radius 3 is 2.23 bits per heavy atom. The van der Waals surface area contributed by atoms with E-state index in [9.17, 15) is 19.5 Å². The molecule has 0 radical (unpaired) electrons. The van der Waals surface area contributed by atoms with Crippen molar-refractivity contribution in [1.82, 2.24) is 15.1 Å². The summed E-state index contributed by atoms with van der Waals surface area (Å²) in [7, 11) is 2.20. The number of phenolic OH excluding ortho intramolecular Hbond substituents is 1. The Bertz CT molecular complexity index is 1960. The van der Waals surface area contributed by atoms with Crippen molar-refractivity contribution in [2.45, 2.75) is 83.0 Å². The first kappa shape index (κ1) is 36.3. The number of nitrogens with one attached hydrogen (secondary N) is 1. The fourth-order valence-corrected chi connectivity index (χ4v) is 8.35. The number of likely N-dealkylation sites (N-methyl/N-ethyl adjacent to an activating group) is 1. The van der Waals surface area contributed by atoms with Gasteiger partial charge in [-0.2, -0.15) is 0 Å². The van der Waals surface area contributed by atoms with Crippen LogP contribution in [0, 0.1) is 0 Å². The Morgan fingerprint density at radius 2 is 1.55 bits per heavy atom. The first-order valence-corrected chi connectivity index (χ1v) is 19.0. The highest BCUT2D eigenvalue weighted by Crippen LogP contribution is 2.38. The molecule has 2 heterocycles. The summed E-state index contributed by atoms with van der Waals surface area (Å²) >= 11 is 0. The van der Waals surface area contributed by atoms with Gasteiger partial charge in [0.05, 0.1) is 13.2 Å². The largest absolute Gasteiger partial charge is 0.508 e. The van der Waals surface area contributed by atoms with Crippen LogP contribution in [0.5, 0.6) is 5.75 Å². The van der Waals surface area contributed by atoms with Crippen LogP contribution in [-0.4, -0.2) is 64.9 Å². The second kappa shape index (κ2) is 16.3. The van der Waals surface area contributed by atoms with Crippen molar-refractivity contribution in [1.29, 1.82) is 0 Å². The van der Waals surface area contributed by atoms with Crippen molar-refractivity contribution >= 4 is 28.9 Å². The fourth-order valence-electron chi connectivity index (χ4n) is 8.35. The van der Waals surface area contributed by atoms with E-state index in [4.69, 9.17) is 4.74 Å². The molecule has 7 rings (SSSR count). The van der Waals surface area contributed by atoms with Crippen LogP contribution in [0.1, 0.15) is 102 Å². The van der Waals surface area contributed by atoms with Crippen LogP contribution in [0.25, 0.3) is 11.1 Å². The minimum absolute atomic E-state index is 0.119. The van der Waals surface area contributed by atoms with Crippen molar-refractivity contribution in [2.24, 2.45) is 0 Å². The van der Waals surface area contributed by atoms with Crippen molar-refractivity contribution < 1.29 is 24.2 Å². The van der Waals surface area contributed by atoms with Crippen molar-refractivity contribution in [3.63, 3.8) is 0 Å². The highest BCUT2D eigenvalue weighted by molar-refractivity contribution is 6.05. The molecule has 1 aliphatic carbocycles. The van der Waals surface area contributed by atoms with Crippen LogP contribution in [0.3, 0.4) is 0 Å². The van der Waals surface area contributed by atoms with E-state index in [1.807, 2.05) is 24.3 Å². The van der Waals surface area contributed by atoms with Gasteiger partial charge in [0.25, 0.3) is 5.91 Å². The topological polar surface area (TPSA) is 99.2 Å². The minimum atomic E-state index is -0.584. The lowest BCUT2D eigenvalue weighted by atomic mass is 9.80.